The maximum absolute atomic E-state index is 12.2. The molecule has 0 spiro atoms. The van der Waals surface area contributed by atoms with Crippen LogP contribution in [0.4, 0.5) is 11.4 Å². The van der Waals surface area contributed by atoms with E-state index in [1.165, 1.54) is 5.56 Å². The molecule has 0 fully saturated rings. The largest absolute Gasteiger partial charge is 0.481 e. The van der Waals surface area contributed by atoms with E-state index in [1.54, 1.807) is 31.2 Å². The van der Waals surface area contributed by atoms with Gasteiger partial charge >= 0.3 is 0 Å². The van der Waals surface area contributed by atoms with E-state index in [4.69, 9.17) is 10.5 Å². The van der Waals surface area contributed by atoms with E-state index in [9.17, 15) is 4.79 Å². The van der Waals surface area contributed by atoms with Crippen LogP contribution < -0.4 is 15.8 Å². The Morgan fingerprint density at radius 1 is 1.13 bits per heavy atom. The normalized spacial score (nSPS) is 12.5. The van der Waals surface area contributed by atoms with Crippen LogP contribution in [0.1, 0.15) is 33.3 Å². The van der Waals surface area contributed by atoms with Crippen molar-refractivity contribution in [2.45, 2.75) is 39.2 Å². The van der Waals surface area contributed by atoms with Gasteiger partial charge in [0.2, 0.25) is 0 Å². The molecule has 1 atom stereocenters. The fourth-order valence-electron chi connectivity index (χ4n) is 2.15. The molecule has 0 saturated carbocycles. The first kappa shape index (κ1) is 16.9. The molecule has 23 heavy (non-hydrogen) atoms. The molecule has 2 aromatic carbocycles. The first-order valence-corrected chi connectivity index (χ1v) is 7.69. The second kappa shape index (κ2) is 6.73. The SMILES string of the molecule is C[C@@H](Oc1ccc(C(C)(C)C)cc1)C(=O)Nc1cccc(N)c1. The summed E-state index contributed by atoms with van der Waals surface area (Å²) in [4.78, 5) is 12.2. The van der Waals surface area contributed by atoms with Crippen LogP contribution in [0.5, 0.6) is 5.75 Å². The van der Waals surface area contributed by atoms with Crippen molar-refractivity contribution in [3.63, 3.8) is 0 Å². The summed E-state index contributed by atoms with van der Waals surface area (Å²) in [7, 11) is 0. The van der Waals surface area contributed by atoms with E-state index < -0.39 is 6.10 Å². The topological polar surface area (TPSA) is 64.3 Å². The number of hydrogen-bond acceptors (Lipinski definition) is 3. The molecule has 0 saturated heterocycles. The highest BCUT2D eigenvalue weighted by Gasteiger charge is 2.16. The molecule has 0 aliphatic carbocycles. The number of ether oxygens (including phenoxy) is 1. The van der Waals surface area contributed by atoms with Crippen molar-refractivity contribution in [2.75, 3.05) is 11.1 Å². The number of anilines is 2. The zero-order chi connectivity index (χ0) is 17.0. The van der Waals surface area contributed by atoms with Gasteiger partial charge in [-0.2, -0.15) is 0 Å². The lowest BCUT2D eigenvalue weighted by Crippen LogP contribution is -2.30. The van der Waals surface area contributed by atoms with E-state index in [0.29, 0.717) is 17.1 Å². The van der Waals surface area contributed by atoms with Crippen LogP contribution >= 0.6 is 0 Å². The smallest absolute Gasteiger partial charge is 0.265 e. The second-order valence-corrected chi connectivity index (χ2v) is 6.65. The number of nitrogens with two attached hydrogens (primary N) is 1. The summed E-state index contributed by atoms with van der Waals surface area (Å²) in [5.74, 6) is 0.462. The summed E-state index contributed by atoms with van der Waals surface area (Å²) in [5, 5.41) is 2.79. The van der Waals surface area contributed by atoms with Gasteiger partial charge in [-0.3, -0.25) is 4.79 Å². The van der Waals surface area contributed by atoms with E-state index in [0.717, 1.165) is 0 Å². The summed E-state index contributed by atoms with van der Waals surface area (Å²) < 4.78 is 5.70. The van der Waals surface area contributed by atoms with Gasteiger partial charge in [-0.05, 0) is 48.2 Å². The third-order valence-electron chi connectivity index (χ3n) is 3.56. The number of nitrogen functional groups attached to an aromatic ring is 1. The fourth-order valence-corrected chi connectivity index (χ4v) is 2.15. The zero-order valence-electron chi connectivity index (χ0n) is 14.1. The minimum absolute atomic E-state index is 0.0920. The predicted molar refractivity (Wildman–Crippen MR) is 94.7 cm³/mol. The number of amides is 1. The van der Waals surface area contributed by atoms with Crippen LogP contribution in [0, 0.1) is 0 Å². The molecule has 0 aliphatic rings. The number of carbonyl (C=O) groups excluding carboxylic acids is 1. The molecule has 0 bridgehead atoms. The Labute approximate surface area is 137 Å². The monoisotopic (exact) mass is 312 g/mol. The molecule has 1 amide bonds. The van der Waals surface area contributed by atoms with Crippen molar-refractivity contribution in [3.8, 4) is 5.75 Å². The number of rotatable bonds is 4. The van der Waals surface area contributed by atoms with E-state index in [1.807, 2.05) is 24.3 Å². The van der Waals surface area contributed by atoms with E-state index >= 15 is 0 Å². The molecule has 0 unspecified atom stereocenters. The van der Waals surface area contributed by atoms with Crippen LogP contribution in [-0.2, 0) is 10.2 Å². The Bertz CT molecular complexity index is 673. The Morgan fingerprint density at radius 3 is 2.35 bits per heavy atom. The molecule has 3 N–H and O–H groups in total. The van der Waals surface area contributed by atoms with Crippen LogP contribution in [0.2, 0.25) is 0 Å². The highest BCUT2D eigenvalue weighted by atomic mass is 16.5. The van der Waals surface area contributed by atoms with Gasteiger partial charge in [0.1, 0.15) is 5.75 Å². The highest BCUT2D eigenvalue weighted by molar-refractivity contribution is 5.94. The molecule has 2 rings (SSSR count). The third kappa shape index (κ3) is 4.74. The molecule has 0 heterocycles. The molecule has 4 nitrogen and oxygen atoms in total. The standard InChI is InChI=1S/C19H24N2O2/c1-13(18(22)21-16-7-5-6-15(20)12-16)23-17-10-8-14(9-11-17)19(2,3)4/h5-13H,20H2,1-4H3,(H,21,22)/t13-/m1/s1. The van der Waals surface area contributed by atoms with Gasteiger partial charge in [0.25, 0.3) is 5.91 Å². The molecular formula is C19H24N2O2. The van der Waals surface area contributed by atoms with Gasteiger partial charge in [-0.15, -0.1) is 0 Å². The molecular weight excluding hydrogens is 288 g/mol. The Kier molecular flexibility index (Phi) is 4.94. The van der Waals surface area contributed by atoms with Crippen molar-refractivity contribution in [1.82, 2.24) is 0 Å². The summed E-state index contributed by atoms with van der Waals surface area (Å²) in [6.45, 7) is 8.19. The molecule has 0 aromatic heterocycles. The summed E-state index contributed by atoms with van der Waals surface area (Å²) in [6, 6.07) is 14.9. The average Bonchev–Trinajstić information content (AvgIpc) is 2.46. The highest BCUT2D eigenvalue weighted by Crippen LogP contribution is 2.24. The fraction of sp³-hybridized carbons (Fsp3) is 0.316. The summed E-state index contributed by atoms with van der Waals surface area (Å²) in [6.07, 6.45) is -0.600. The lowest BCUT2D eigenvalue weighted by Gasteiger charge is -2.20. The Balaban J connectivity index is 1.98. The summed E-state index contributed by atoms with van der Waals surface area (Å²) >= 11 is 0. The summed E-state index contributed by atoms with van der Waals surface area (Å²) in [5.41, 5.74) is 8.28. The first-order chi connectivity index (χ1) is 10.8. The number of benzene rings is 2. The van der Waals surface area contributed by atoms with Crippen molar-refractivity contribution >= 4 is 17.3 Å². The second-order valence-electron chi connectivity index (χ2n) is 6.65. The minimum atomic E-state index is -0.600. The van der Waals surface area contributed by atoms with Crippen molar-refractivity contribution in [1.29, 1.82) is 0 Å². The van der Waals surface area contributed by atoms with Crippen molar-refractivity contribution < 1.29 is 9.53 Å². The van der Waals surface area contributed by atoms with Crippen molar-refractivity contribution in [2.24, 2.45) is 0 Å². The zero-order valence-corrected chi connectivity index (χ0v) is 14.1. The van der Waals surface area contributed by atoms with Gasteiger partial charge in [0, 0.05) is 11.4 Å². The van der Waals surface area contributed by atoms with Crippen molar-refractivity contribution in [3.05, 3.63) is 54.1 Å². The van der Waals surface area contributed by atoms with Gasteiger partial charge in [-0.25, -0.2) is 0 Å². The Morgan fingerprint density at radius 2 is 1.78 bits per heavy atom. The molecule has 0 aliphatic heterocycles. The first-order valence-electron chi connectivity index (χ1n) is 7.69. The van der Waals surface area contributed by atoms with Crippen LogP contribution in [0.15, 0.2) is 48.5 Å². The molecule has 0 radical (unpaired) electrons. The van der Waals surface area contributed by atoms with Crippen LogP contribution in [-0.4, -0.2) is 12.0 Å². The third-order valence-corrected chi connectivity index (χ3v) is 3.56. The van der Waals surface area contributed by atoms with Crippen LogP contribution in [0.25, 0.3) is 0 Å². The Hall–Kier alpha value is -2.49. The number of hydrogen-bond donors (Lipinski definition) is 2. The molecule has 122 valence electrons. The average molecular weight is 312 g/mol. The number of carbonyl (C=O) groups is 1. The van der Waals surface area contributed by atoms with Gasteiger partial charge in [0.05, 0.1) is 0 Å². The predicted octanol–water partition coefficient (Wildman–Crippen LogP) is 3.97. The number of nitrogens with one attached hydrogen (secondary N) is 1. The quantitative estimate of drug-likeness (QED) is 0.840. The maximum Gasteiger partial charge on any atom is 0.265 e. The van der Waals surface area contributed by atoms with Gasteiger partial charge in [-0.1, -0.05) is 39.0 Å². The van der Waals surface area contributed by atoms with Gasteiger partial charge < -0.3 is 15.8 Å². The van der Waals surface area contributed by atoms with E-state index in [-0.39, 0.29) is 11.3 Å². The molecule has 4 heteroatoms. The molecule has 2 aromatic rings. The maximum atomic E-state index is 12.2. The van der Waals surface area contributed by atoms with Gasteiger partial charge in [0.15, 0.2) is 6.10 Å². The minimum Gasteiger partial charge on any atom is -0.481 e. The lowest BCUT2D eigenvalue weighted by molar-refractivity contribution is -0.122. The van der Waals surface area contributed by atoms with E-state index in [2.05, 4.69) is 26.1 Å². The lowest BCUT2D eigenvalue weighted by atomic mass is 9.87. The van der Waals surface area contributed by atoms with Crippen LogP contribution in [0.3, 0.4) is 0 Å².